The fourth-order valence-corrected chi connectivity index (χ4v) is 14.7. The molecular formula is C81H66N2. The molecule has 83 heavy (non-hydrogen) atoms. The molecular weight excluding hydrogens is 1000 g/mol. The van der Waals surface area contributed by atoms with Crippen molar-refractivity contribution in [2.75, 3.05) is 9.80 Å². The topological polar surface area (TPSA) is 6.48 Å². The molecule has 0 unspecified atom stereocenters. The average Bonchev–Trinajstić information content (AvgIpc) is 1.94. The van der Waals surface area contributed by atoms with E-state index in [0.29, 0.717) is 0 Å². The Hall–Kier alpha value is -9.76. The molecule has 400 valence electrons. The van der Waals surface area contributed by atoms with Crippen LogP contribution in [0.5, 0.6) is 0 Å². The monoisotopic (exact) mass is 1070 g/mol. The van der Waals surface area contributed by atoms with Gasteiger partial charge < -0.3 is 9.80 Å². The summed E-state index contributed by atoms with van der Waals surface area (Å²) in [5, 5.41) is 7.49. The molecule has 14 rings (SSSR count). The van der Waals surface area contributed by atoms with Gasteiger partial charge in [-0.25, -0.2) is 0 Å². The maximum atomic E-state index is 2.63. The highest BCUT2D eigenvalue weighted by atomic mass is 15.2. The molecule has 1 aliphatic carbocycles. The smallest absolute Gasteiger partial charge is 0.0546 e. The molecule has 0 heterocycles. The predicted octanol–water partition coefficient (Wildman–Crippen LogP) is 23.1. The minimum Gasteiger partial charge on any atom is -0.310 e. The molecule has 13 aromatic rings. The number of nitrogens with zero attached hydrogens (tertiary/aromatic N) is 2. The zero-order chi connectivity index (χ0) is 56.5. The molecule has 0 bridgehead atoms. The lowest BCUT2D eigenvalue weighted by molar-refractivity contribution is 0.0965. The maximum Gasteiger partial charge on any atom is 0.0546 e. The van der Waals surface area contributed by atoms with E-state index in [-0.39, 0.29) is 10.8 Å². The second kappa shape index (κ2) is 20.3. The van der Waals surface area contributed by atoms with E-state index in [2.05, 4.69) is 343 Å². The average molecular weight is 1070 g/mol. The molecule has 0 radical (unpaired) electrons. The van der Waals surface area contributed by atoms with E-state index < -0.39 is 5.41 Å². The first-order valence-corrected chi connectivity index (χ1v) is 29.3. The fraction of sp³-hybridized carbons (Fsp3) is 0.111. The first-order valence-electron chi connectivity index (χ1n) is 29.3. The summed E-state index contributed by atoms with van der Waals surface area (Å²) in [6.45, 7) is 15.0. The largest absolute Gasteiger partial charge is 0.310 e. The summed E-state index contributed by atoms with van der Waals surface area (Å²) in [5.41, 5.74) is 20.4. The molecule has 13 aromatic carbocycles. The highest BCUT2D eigenvalue weighted by molar-refractivity contribution is 6.23. The normalized spacial score (nSPS) is 12.8. The van der Waals surface area contributed by atoms with Crippen molar-refractivity contribution in [3.8, 4) is 55.6 Å². The van der Waals surface area contributed by atoms with Gasteiger partial charge in [0.2, 0.25) is 0 Å². The zero-order valence-corrected chi connectivity index (χ0v) is 48.1. The van der Waals surface area contributed by atoms with Crippen molar-refractivity contribution in [2.24, 2.45) is 10.8 Å². The first kappa shape index (κ1) is 51.4. The van der Waals surface area contributed by atoms with E-state index in [4.69, 9.17) is 0 Å². The van der Waals surface area contributed by atoms with Crippen LogP contribution in [0.4, 0.5) is 34.1 Å². The lowest BCUT2D eigenvalue weighted by atomic mass is 9.49. The van der Waals surface area contributed by atoms with Gasteiger partial charge in [-0.05, 0) is 148 Å². The summed E-state index contributed by atoms with van der Waals surface area (Å²) in [6.07, 6.45) is 0. The standard InChI is InChI=1S/C81H66N2/c1-79(2,3)81(80(4,5)6)72-54-75(83(62-39-23-12-24-40-62)74-52-60(56-31-15-8-16-32-56)46-49-65(74)58-35-19-10-20-36-58)67-42-26-28-44-69(67)76(72)77-68-43-27-25-41-66(68)71-53-63(47-50-70(71)78(77)81)82(61-37-21-11-22-38-61)73-51-59(55-29-13-7-14-30-55)45-48-64(73)57-33-17-9-18-34-57/h7-54H,1-6H3. The summed E-state index contributed by atoms with van der Waals surface area (Å²) < 4.78 is 0. The Labute approximate surface area is 489 Å². The molecule has 0 amide bonds. The van der Waals surface area contributed by atoms with E-state index in [1.165, 1.54) is 93.5 Å². The van der Waals surface area contributed by atoms with Crippen LogP contribution < -0.4 is 9.80 Å². The molecule has 0 saturated carbocycles. The Bertz CT molecular complexity index is 4520. The van der Waals surface area contributed by atoms with Crippen LogP contribution in [0.15, 0.2) is 291 Å². The van der Waals surface area contributed by atoms with Crippen molar-refractivity contribution >= 4 is 66.4 Å². The SMILES string of the molecule is CC(C)(C)C1(C(C)(C)C)c2cc(N(c3ccccc3)c3cc(-c4ccccc4)ccc3-c3ccccc3)c3ccccc3c2-c2c1c1ccc(N(c3ccccc3)c3cc(-c4ccccc4)ccc3-c3ccccc3)cc1c1ccccc21. The third kappa shape index (κ3) is 8.46. The van der Waals surface area contributed by atoms with Crippen LogP contribution >= 0.6 is 0 Å². The van der Waals surface area contributed by atoms with Crippen molar-refractivity contribution in [3.05, 3.63) is 302 Å². The zero-order valence-electron chi connectivity index (χ0n) is 48.1. The molecule has 0 fully saturated rings. The van der Waals surface area contributed by atoms with Crippen LogP contribution in [0.3, 0.4) is 0 Å². The Balaban J connectivity index is 1.08. The molecule has 2 nitrogen and oxygen atoms in total. The molecule has 0 aromatic heterocycles. The summed E-state index contributed by atoms with van der Waals surface area (Å²) in [4.78, 5) is 5.05. The third-order valence-electron chi connectivity index (χ3n) is 17.7. The molecule has 0 atom stereocenters. The molecule has 0 spiro atoms. The number of anilines is 6. The highest BCUT2D eigenvalue weighted by Gasteiger charge is 2.59. The predicted molar refractivity (Wildman–Crippen MR) is 355 cm³/mol. The summed E-state index contributed by atoms with van der Waals surface area (Å²) >= 11 is 0. The van der Waals surface area contributed by atoms with Gasteiger partial charge >= 0.3 is 0 Å². The minimum absolute atomic E-state index is 0.294. The molecule has 0 saturated heterocycles. The van der Waals surface area contributed by atoms with Gasteiger partial charge in [-0.2, -0.15) is 0 Å². The number of hydrogen-bond acceptors (Lipinski definition) is 2. The molecule has 1 aliphatic rings. The lowest BCUT2D eigenvalue weighted by Gasteiger charge is -2.53. The third-order valence-corrected chi connectivity index (χ3v) is 17.7. The Morgan fingerprint density at radius 2 is 0.651 bits per heavy atom. The van der Waals surface area contributed by atoms with Crippen LogP contribution in [-0.2, 0) is 5.41 Å². The van der Waals surface area contributed by atoms with Crippen LogP contribution in [0.25, 0.3) is 88.0 Å². The van der Waals surface area contributed by atoms with Crippen molar-refractivity contribution in [1.82, 2.24) is 0 Å². The quantitative estimate of drug-likeness (QED) is 0.126. The summed E-state index contributed by atoms with van der Waals surface area (Å²) in [5.74, 6) is 0. The van der Waals surface area contributed by atoms with Crippen LogP contribution in [-0.4, -0.2) is 0 Å². The number of para-hydroxylation sites is 2. The number of benzene rings is 13. The lowest BCUT2D eigenvalue weighted by Crippen LogP contribution is -2.50. The van der Waals surface area contributed by atoms with Crippen molar-refractivity contribution in [1.29, 1.82) is 0 Å². The van der Waals surface area contributed by atoms with Crippen molar-refractivity contribution in [2.45, 2.75) is 47.0 Å². The van der Waals surface area contributed by atoms with Gasteiger partial charge in [0.25, 0.3) is 0 Å². The molecule has 2 heteroatoms. The second-order valence-corrected chi connectivity index (χ2v) is 24.4. The van der Waals surface area contributed by atoms with Crippen molar-refractivity contribution in [3.63, 3.8) is 0 Å². The summed E-state index contributed by atoms with van der Waals surface area (Å²) in [7, 11) is 0. The van der Waals surface area contributed by atoms with Gasteiger partial charge in [0.1, 0.15) is 0 Å². The van der Waals surface area contributed by atoms with Crippen molar-refractivity contribution < 1.29 is 0 Å². The van der Waals surface area contributed by atoms with Crippen LogP contribution in [0.1, 0.15) is 52.7 Å². The molecule has 0 aliphatic heterocycles. The number of rotatable bonds is 10. The van der Waals surface area contributed by atoms with Gasteiger partial charge in [0, 0.05) is 39.0 Å². The van der Waals surface area contributed by atoms with E-state index >= 15 is 0 Å². The van der Waals surface area contributed by atoms with E-state index in [0.717, 1.165) is 39.7 Å². The van der Waals surface area contributed by atoms with Gasteiger partial charge in [0.15, 0.2) is 0 Å². The van der Waals surface area contributed by atoms with Gasteiger partial charge in [-0.3, -0.25) is 0 Å². The second-order valence-electron chi connectivity index (χ2n) is 24.4. The van der Waals surface area contributed by atoms with E-state index in [1.807, 2.05) is 0 Å². The highest BCUT2D eigenvalue weighted by Crippen LogP contribution is 2.69. The first-order chi connectivity index (χ1) is 40.5. The van der Waals surface area contributed by atoms with E-state index in [9.17, 15) is 0 Å². The van der Waals surface area contributed by atoms with Crippen LogP contribution in [0, 0.1) is 10.8 Å². The Morgan fingerprint density at radius 1 is 0.253 bits per heavy atom. The van der Waals surface area contributed by atoms with Crippen LogP contribution in [0.2, 0.25) is 0 Å². The number of fused-ring (bicyclic) bond motifs is 10. The number of hydrogen-bond donors (Lipinski definition) is 0. The maximum absolute atomic E-state index is 2.63. The minimum atomic E-state index is -0.520. The van der Waals surface area contributed by atoms with Gasteiger partial charge in [-0.15, -0.1) is 0 Å². The van der Waals surface area contributed by atoms with Gasteiger partial charge in [-0.1, -0.05) is 278 Å². The Morgan fingerprint density at radius 3 is 1.13 bits per heavy atom. The fourth-order valence-electron chi connectivity index (χ4n) is 14.7. The molecule has 0 N–H and O–H groups in total. The Kier molecular flexibility index (Phi) is 12.6. The summed E-state index contributed by atoms with van der Waals surface area (Å²) in [6, 6.07) is 108. The van der Waals surface area contributed by atoms with Gasteiger partial charge in [0.05, 0.1) is 17.1 Å². The van der Waals surface area contributed by atoms with E-state index in [1.54, 1.807) is 0 Å².